The van der Waals surface area contributed by atoms with E-state index in [9.17, 15) is 0 Å². The van der Waals surface area contributed by atoms with Crippen molar-refractivity contribution >= 4 is 17.7 Å². The number of hydrogen-bond donors (Lipinski definition) is 0. The van der Waals surface area contributed by atoms with Gasteiger partial charge in [-0.2, -0.15) is 0 Å². The van der Waals surface area contributed by atoms with Gasteiger partial charge in [0.2, 0.25) is 0 Å². The van der Waals surface area contributed by atoms with Crippen molar-refractivity contribution in [2.75, 3.05) is 0 Å². The van der Waals surface area contributed by atoms with Crippen molar-refractivity contribution in [3.8, 4) is 0 Å². The molecule has 0 N–H and O–H groups in total. The molecule has 0 amide bonds. The number of unbranched alkanes of at least 4 members (excludes halogenated alkanes) is 17. The topological polar surface area (TPSA) is 0 Å². The zero-order valence-electron chi connectivity index (χ0n) is 15.4. The van der Waals surface area contributed by atoms with Gasteiger partial charge in [-0.15, -0.1) is 0 Å². The third-order valence-electron chi connectivity index (χ3n) is 4.71. The van der Waals surface area contributed by atoms with Gasteiger partial charge in [0.25, 0.3) is 0 Å². The molecule has 0 nitrogen and oxygen atoms in total. The van der Waals surface area contributed by atoms with Crippen LogP contribution in [0.5, 0.6) is 0 Å². The van der Waals surface area contributed by atoms with E-state index in [1.807, 2.05) is 0 Å². The van der Waals surface area contributed by atoms with E-state index < -0.39 is 0 Å². The van der Waals surface area contributed by atoms with Crippen molar-refractivity contribution in [2.24, 2.45) is 0 Å². The van der Waals surface area contributed by atoms with Gasteiger partial charge < -0.3 is 0 Å². The summed E-state index contributed by atoms with van der Waals surface area (Å²) in [5, 5.41) is 1.37. The zero-order chi connectivity index (χ0) is 15.4. The molecule has 0 aliphatic carbocycles. The molecule has 0 aliphatic heterocycles. The van der Waals surface area contributed by atoms with Crippen molar-refractivity contribution in [3.63, 3.8) is 0 Å². The molecule has 0 rings (SSSR count). The molecule has 0 aromatic rings. The molecule has 0 aromatic heterocycles. The minimum absolute atomic E-state index is 1.37. The Hall–Kier alpha value is 0.597. The Balaban J connectivity index is 2.90. The Morgan fingerprint density at radius 2 is 0.619 bits per heavy atom. The fourth-order valence-electron chi connectivity index (χ4n) is 3.15. The summed E-state index contributed by atoms with van der Waals surface area (Å²) in [4.78, 5) is 0. The first-order chi connectivity index (χ1) is 10.4. The summed E-state index contributed by atoms with van der Waals surface area (Å²) in [6, 6.07) is 0. The van der Waals surface area contributed by atoms with Crippen molar-refractivity contribution < 1.29 is 0 Å². The SMILES string of the molecule is [Li][CH2]CCCCCCCCCCCCCCCCCCC. The second kappa shape index (κ2) is 20.6. The van der Waals surface area contributed by atoms with Crippen LogP contribution in [0.15, 0.2) is 0 Å². The summed E-state index contributed by atoms with van der Waals surface area (Å²) in [7, 11) is 0. The Morgan fingerprint density at radius 1 is 0.381 bits per heavy atom. The van der Waals surface area contributed by atoms with Crippen molar-refractivity contribution in [1.29, 1.82) is 0 Å². The molecule has 0 saturated carbocycles. The van der Waals surface area contributed by atoms with Crippen LogP contribution >= 0.6 is 0 Å². The van der Waals surface area contributed by atoms with E-state index >= 15 is 0 Å². The minimum atomic E-state index is 1.37. The summed E-state index contributed by atoms with van der Waals surface area (Å²) in [6.45, 7) is 2.30. The molecule has 0 fully saturated rings. The smallest absolute Gasteiger partial charge is 0.0654 e. The number of rotatable bonds is 18. The Kier molecular flexibility index (Phi) is 21.2. The average molecular weight is 288 g/mol. The Labute approximate surface area is 145 Å². The second-order valence-corrected chi connectivity index (χ2v) is 7.01. The molecule has 0 heterocycles. The van der Waals surface area contributed by atoms with E-state index in [1.54, 1.807) is 0 Å². The van der Waals surface area contributed by atoms with E-state index in [2.05, 4.69) is 24.6 Å². The molecule has 0 saturated heterocycles. The third kappa shape index (κ3) is 20.6. The van der Waals surface area contributed by atoms with Gasteiger partial charge in [-0.3, -0.25) is 0 Å². The standard InChI is InChI=1S/C20H41.Li/c1-3-5-7-9-11-13-15-17-19-20-18-16-14-12-10-8-6-4-2;/h1,3-20H2,2H3;. The third-order valence-corrected chi connectivity index (χ3v) is 4.71. The molecule has 122 valence electrons. The van der Waals surface area contributed by atoms with Crippen LogP contribution in [0.2, 0.25) is 5.09 Å². The van der Waals surface area contributed by atoms with Gasteiger partial charge in [-0.1, -0.05) is 51.9 Å². The Bertz CT molecular complexity index is 149. The fraction of sp³-hybridized carbons (Fsp3) is 1.00. The summed E-state index contributed by atoms with van der Waals surface area (Å²) in [6.07, 6.45) is 26.5. The second-order valence-electron chi connectivity index (χ2n) is 7.01. The average Bonchev–Trinajstić information content (AvgIpc) is 2.50. The molecular formula is C20H41Li. The van der Waals surface area contributed by atoms with Gasteiger partial charge in [0.1, 0.15) is 0 Å². The monoisotopic (exact) mass is 288 g/mol. The van der Waals surface area contributed by atoms with E-state index in [4.69, 9.17) is 0 Å². The van der Waals surface area contributed by atoms with Crippen LogP contribution in [-0.4, -0.2) is 17.7 Å². The van der Waals surface area contributed by atoms with E-state index in [0.717, 1.165) is 0 Å². The van der Waals surface area contributed by atoms with E-state index in [-0.39, 0.29) is 0 Å². The molecule has 0 spiro atoms. The van der Waals surface area contributed by atoms with Crippen LogP contribution in [-0.2, 0) is 0 Å². The quantitative estimate of drug-likeness (QED) is 0.180. The molecule has 0 radical (unpaired) electrons. The van der Waals surface area contributed by atoms with Gasteiger partial charge >= 0.3 is 93.4 Å². The summed E-state index contributed by atoms with van der Waals surface area (Å²) >= 11 is 2.30. The summed E-state index contributed by atoms with van der Waals surface area (Å²) < 4.78 is 0. The summed E-state index contributed by atoms with van der Waals surface area (Å²) in [5.41, 5.74) is 0. The normalized spacial score (nSPS) is 11.2. The zero-order valence-corrected chi connectivity index (χ0v) is 15.4. The van der Waals surface area contributed by atoms with Crippen molar-refractivity contribution in [2.45, 2.75) is 128 Å². The van der Waals surface area contributed by atoms with Gasteiger partial charge in [-0.25, -0.2) is 0 Å². The first kappa shape index (κ1) is 21.6. The van der Waals surface area contributed by atoms with Crippen LogP contribution in [0.1, 0.15) is 122 Å². The molecule has 1 heteroatoms. The maximum atomic E-state index is 2.30. The predicted molar refractivity (Wildman–Crippen MR) is 99.3 cm³/mol. The molecule has 0 bridgehead atoms. The van der Waals surface area contributed by atoms with E-state index in [0.29, 0.717) is 0 Å². The van der Waals surface area contributed by atoms with Crippen molar-refractivity contribution in [3.05, 3.63) is 0 Å². The van der Waals surface area contributed by atoms with Gasteiger partial charge in [-0.05, 0) is 0 Å². The van der Waals surface area contributed by atoms with Crippen molar-refractivity contribution in [1.82, 2.24) is 0 Å². The maximum absolute atomic E-state index is 2.30. The molecule has 0 aliphatic rings. The Morgan fingerprint density at radius 3 is 0.857 bits per heavy atom. The van der Waals surface area contributed by atoms with Crippen LogP contribution in [0, 0.1) is 0 Å². The predicted octanol–water partition coefficient (Wildman–Crippen LogP) is 7.61. The molecule has 21 heavy (non-hydrogen) atoms. The van der Waals surface area contributed by atoms with Crippen LogP contribution < -0.4 is 0 Å². The fourth-order valence-corrected chi connectivity index (χ4v) is 3.15. The molecule has 0 aromatic carbocycles. The molecule has 0 atom stereocenters. The van der Waals surface area contributed by atoms with Gasteiger partial charge in [0, 0.05) is 0 Å². The van der Waals surface area contributed by atoms with Crippen LogP contribution in [0.4, 0.5) is 0 Å². The molecular weight excluding hydrogens is 247 g/mol. The minimum Gasteiger partial charge on any atom is -0.0654 e. The van der Waals surface area contributed by atoms with Crippen LogP contribution in [0.25, 0.3) is 0 Å². The van der Waals surface area contributed by atoms with Crippen LogP contribution in [0.3, 0.4) is 0 Å². The van der Waals surface area contributed by atoms with E-state index in [1.165, 1.54) is 121 Å². The first-order valence-electron chi connectivity index (χ1n) is 10.4. The first-order valence-corrected chi connectivity index (χ1v) is 10.4. The number of hydrogen-bond acceptors (Lipinski definition) is 0. The van der Waals surface area contributed by atoms with Gasteiger partial charge in [0.05, 0.1) is 0 Å². The summed E-state index contributed by atoms with van der Waals surface area (Å²) in [5.74, 6) is 0. The molecule has 0 unspecified atom stereocenters. The van der Waals surface area contributed by atoms with Gasteiger partial charge in [0.15, 0.2) is 0 Å².